The molecule has 3 rings (SSSR count). The minimum Gasteiger partial charge on any atom is -0.480 e. The highest BCUT2D eigenvalue weighted by atomic mass is 32.2. The van der Waals surface area contributed by atoms with Gasteiger partial charge in [0.25, 0.3) is 11.8 Å². The Morgan fingerprint density at radius 3 is 2.60 bits per heavy atom. The molecule has 1 N–H and O–H groups in total. The zero-order valence-corrected chi connectivity index (χ0v) is 14.4. The molecule has 0 spiro atoms. The highest BCUT2D eigenvalue weighted by Crippen LogP contribution is 2.36. The van der Waals surface area contributed by atoms with E-state index in [0.717, 1.165) is 22.2 Å². The summed E-state index contributed by atoms with van der Waals surface area (Å²) < 4.78 is 0.176. The molecule has 7 nitrogen and oxygen atoms in total. The van der Waals surface area contributed by atoms with Gasteiger partial charge in [0.15, 0.2) is 0 Å². The molecule has 0 unspecified atom stereocenters. The van der Waals surface area contributed by atoms with Gasteiger partial charge in [-0.2, -0.15) is 0 Å². The third-order valence-electron chi connectivity index (χ3n) is 3.75. The van der Waals surface area contributed by atoms with Crippen molar-refractivity contribution in [2.45, 2.75) is 12.5 Å². The second-order valence-electron chi connectivity index (χ2n) is 5.39. The summed E-state index contributed by atoms with van der Waals surface area (Å²) in [6, 6.07) is 8.07. The number of hydrogen-bond acceptors (Lipinski definition) is 6. The average Bonchev–Trinajstić information content (AvgIpc) is 2.98. The first-order chi connectivity index (χ1) is 11.9. The Kier molecular flexibility index (Phi) is 4.69. The van der Waals surface area contributed by atoms with Crippen molar-refractivity contribution in [1.82, 2.24) is 9.80 Å². The molecular weight excluding hydrogens is 364 g/mol. The van der Waals surface area contributed by atoms with Gasteiger partial charge < -0.3 is 5.11 Å². The van der Waals surface area contributed by atoms with Crippen molar-refractivity contribution >= 4 is 58.1 Å². The van der Waals surface area contributed by atoms with Crippen molar-refractivity contribution in [1.29, 1.82) is 0 Å². The summed E-state index contributed by atoms with van der Waals surface area (Å²) in [7, 11) is 0. The normalized spacial score (nSPS) is 22.4. The van der Waals surface area contributed by atoms with Crippen LogP contribution >= 0.6 is 24.0 Å². The van der Waals surface area contributed by atoms with Crippen LogP contribution in [0.2, 0.25) is 0 Å². The first-order valence-corrected chi connectivity index (χ1v) is 8.49. The quantitative estimate of drug-likeness (QED) is 0.478. The molecule has 2 heterocycles. The van der Waals surface area contributed by atoms with Gasteiger partial charge in [0.05, 0.1) is 11.3 Å². The third kappa shape index (κ3) is 3.33. The van der Waals surface area contributed by atoms with Crippen LogP contribution in [0.15, 0.2) is 35.2 Å². The number of amides is 3. The molecule has 0 saturated carbocycles. The Morgan fingerprint density at radius 1 is 1.28 bits per heavy atom. The standard InChI is InChI=1S/C16H12N2O5S2/c19-12-7-10(14(22)17(12)8-13(20)21)18-15(23)11(25-16(18)24)6-9-4-2-1-3-5-9/h1-6,10H,7-8H2,(H,20,21)/b11-6+/t10-/m0/s1. The maximum Gasteiger partial charge on any atom is 0.323 e. The summed E-state index contributed by atoms with van der Waals surface area (Å²) in [4.78, 5) is 49.8. The molecule has 1 aromatic carbocycles. The maximum absolute atomic E-state index is 12.6. The largest absolute Gasteiger partial charge is 0.480 e. The summed E-state index contributed by atoms with van der Waals surface area (Å²) in [5.74, 6) is -3.10. The number of thioether (sulfide) groups is 1. The number of carboxylic acid groups (broad SMARTS) is 1. The molecule has 2 aliphatic rings. The maximum atomic E-state index is 12.6. The van der Waals surface area contributed by atoms with Crippen LogP contribution in [0, 0.1) is 0 Å². The molecule has 0 aliphatic carbocycles. The molecule has 128 valence electrons. The van der Waals surface area contributed by atoms with E-state index in [0.29, 0.717) is 9.81 Å². The highest BCUT2D eigenvalue weighted by molar-refractivity contribution is 8.26. The van der Waals surface area contributed by atoms with Crippen LogP contribution in [0.25, 0.3) is 6.08 Å². The van der Waals surface area contributed by atoms with Crippen LogP contribution in [0.4, 0.5) is 0 Å². The number of thiocarbonyl (C=S) groups is 1. The minimum absolute atomic E-state index is 0.176. The number of carbonyl (C=O) groups excluding carboxylic acids is 3. The average molecular weight is 376 g/mol. The van der Waals surface area contributed by atoms with E-state index in [1.54, 1.807) is 6.08 Å². The first-order valence-electron chi connectivity index (χ1n) is 7.26. The molecule has 1 aromatic rings. The fourth-order valence-corrected chi connectivity index (χ4v) is 3.97. The number of nitrogens with zero attached hydrogens (tertiary/aromatic N) is 2. The lowest BCUT2D eigenvalue weighted by Crippen LogP contribution is -2.45. The van der Waals surface area contributed by atoms with E-state index >= 15 is 0 Å². The number of carbonyl (C=O) groups is 4. The predicted octanol–water partition coefficient (Wildman–Crippen LogP) is 1.10. The van der Waals surface area contributed by atoms with Gasteiger partial charge in [-0.25, -0.2) is 0 Å². The Morgan fingerprint density at radius 2 is 1.96 bits per heavy atom. The van der Waals surface area contributed by atoms with Gasteiger partial charge in [0.1, 0.15) is 16.9 Å². The molecule has 2 saturated heterocycles. The van der Waals surface area contributed by atoms with Gasteiger partial charge in [0, 0.05) is 0 Å². The fourth-order valence-electron chi connectivity index (χ4n) is 2.62. The second-order valence-corrected chi connectivity index (χ2v) is 7.07. The molecule has 25 heavy (non-hydrogen) atoms. The summed E-state index contributed by atoms with van der Waals surface area (Å²) in [5.41, 5.74) is 0.810. The van der Waals surface area contributed by atoms with Crippen molar-refractivity contribution < 1.29 is 24.3 Å². The molecule has 0 bridgehead atoms. The molecule has 9 heteroatoms. The van der Waals surface area contributed by atoms with E-state index < -0.39 is 36.3 Å². The number of hydrogen-bond donors (Lipinski definition) is 1. The van der Waals surface area contributed by atoms with E-state index in [9.17, 15) is 19.2 Å². The Balaban J connectivity index is 1.84. The fraction of sp³-hybridized carbons (Fsp3) is 0.188. The van der Waals surface area contributed by atoms with Crippen LogP contribution in [-0.4, -0.2) is 55.5 Å². The zero-order valence-electron chi connectivity index (χ0n) is 12.7. The smallest absolute Gasteiger partial charge is 0.323 e. The molecule has 2 fully saturated rings. The van der Waals surface area contributed by atoms with E-state index in [1.165, 1.54) is 0 Å². The Bertz CT molecular complexity index is 821. The van der Waals surface area contributed by atoms with Gasteiger partial charge in [-0.1, -0.05) is 54.3 Å². The second kappa shape index (κ2) is 6.77. The summed E-state index contributed by atoms with van der Waals surface area (Å²) in [5, 5.41) is 8.81. The number of likely N-dealkylation sites (tertiary alicyclic amines) is 1. The zero-order chi connectivity index (χ0) is 18.1. The summed E-state index contributed by atoms with van der Waals surface area (Å²) >= 11 is 6.25. The van der Waals surface area contributed by atoms with Crippen LogP contribution in [0.3, 0.4) is 0 Å². The van der Waals surface area contributed by atoms with E-state index in [1.807, 2.05) is 30.3 Å². The number of carboxylic acids is 1. The number of aliphatic carboxylic acids is 1. The van der Waals surface area contributed by atoms with E-state index in [2.05, 4.69) is 0 Å². The Hall–Kier alpha value is -2.52. The van der Waals surface area contributed by atoms with Gasteiger partial charge >= 0.3 is 5.97 Å². The number of benzene rings is 1. The SMILES string of the molecule is O=C(O)CN1C(=O)C[C@H](N2C(=O)/C(=C\c3ccccc3)SC2=S)C1=O. The number of rotatable bonds is 4. The summed E-state index contributed by atoms with van der Waals surface area (Å²) in [6.45, 7) is -0.719. The van der Waals surface area contributed by atoms with Crippen molar-refractivity contribution in [3.05, 3.63) is 40.8 Å². The molecule has 2 aliphatic heterocycles. The van der Waals surface area contributed by atoms with Crippen molar-refractivity contribution in [2.24, 2.45) is 0 Å². The lowest BCUT2D eigenvalue weighted by Gasteiger charge is -2.20. The van der Waals surface area contributed by atoms with Crippen LogP contribution in [-0.2, 0) is 19.2 Å². The van der Waals surface area contributed by atoms with Crippen molar-refractivity contribution in [3.63, 3.8) is 0 Å². The van der Waals surface area contributed by atoms with Gasteiger partial charge in [-0.3, -0.25) is 29.0 Å². The summed E-state index contributed by atoms with van der Waals surface area (Å²) in [6.07, 6.45) is 1.40. The first kappa shape index (κ1) is 17.3. The minimum atomic E-state index is -1.29. The monoisotopic (exact) mass is 376 g/mol. The van der Waals surface area contributed by atoms with Crippen molar-refractivity contribution in [3.8, 4) is 0 Å². The van der Waals surface area contributed by atoms with Gasteiger partial charge in [0.2, 0.25) is 5.91 Å². The lowest BCUT2D eigenvalue weighted by molar-refractivity contribution is -0.149. The van der Waals surface area contributed by atoms with Crippen LogP contribution in [0.5, 0.6) is 0 Å². The van der Waals surface area contributed by atoms with Crippen molar-refractivity contribution in [2.75, 3.05) is 6.54 Å². The Labute approximate surface area is 152 Å². The van der Waals surface area contributed by atoms with Gasteiger partial charge in [-0.05, 0) is 11.6 Å². The molecule has 0 aromatic heterocycles. The molecule has 1 atom stereocenters. The molecule has 0 radical (unpaired) electrons. The van der Waals surface area contributed by atoms with E-state index in [4.69, 9.17) is 17.3 Å². The number of imide groups is 1. The molecule has 3 amide bonds. The predicted molar refractivity (Wildman–Crippen MR) is 94.2 cm³/mol. The highest BCUT2D eigenvalue weighted by Gasteiger charge is 2.48. The third-order valence-corrected chi connectivity index (χ3v) is 5.08. The van der Waals surface area contributed by atoms with Crippen LogP contribution < -0.4 is 0 Å². The topological polar surface area (TPSA) is 95.0 Å². The lowest BCUT2D eigenvalue weighted by atomic mass is 10.2. The van der Waals surface area contributed by atoms with Crippen LogP contribution in [0.1, 0.15) is 12.0 Å². The van der Waals surface area contributed by atoms with E-state index in [-0.39, 0.29) is 10.7 Å². The van der Waals surface area contributed by atoms with Gasteiger partial charge in [-0.15, -0.1) is 0 Å². The molecular formula is C16H12N2O5S2.